The Morgan fingerprint density at radius 3 is 1.68 bits per heavy atom. The zero-order chi connectivity index (χ0) is 16.3. The summed E-state index contributed by atoms with van der Waals surface area (Å²) >= 11 is 12.2. The van der Waals surface area contributed by atoms with Gasteiger partial charge in [-0.2, -0.15) is 10.5 Å². The Bertz CT molecular complexity index is 773. The standard InChI is InChI=1S/C15H8Cl2N4O/c16-11-3-1-9(7-18)5-13(11)21(15(20)22)14-6-10(8-19)2-4-12(14)17/h1-6H,(H2,20,22). The van der Waals surface area contributed by atoms with E-state index in [2.05, 4.69) is 0 Å². The Morgan fingerprint density at radius 2 is 1.36 bits per heavy atom. The highest BCUT2D eigenvalue weighted by molar-refractivity contribution is 6.36. The predicted molar refractivity (Wildman–Crippen MR) is 84.1 cm³/mol. The van der Waals surface area contributed by atoms with Gasteiger partial charge in [-0.25, -0.2) is 4.79 Å². The van der Waals surface area contributed by atoms with Gasteiger partial charge < -0.3 is 5.73 Å². The van der Waals surface area contributed by atoms with Crippen molar-refractivity contribution in [1.29, 1.82) is 10.5 Å². The number of carbonyl (C=O) groups excluding carboxylic acids is 1. The van der Waals surface area contributed by atoms with Gasteiger partial charge in [-0.05, 0) is 36.4 Å². The molecule has 0 atom stereocenters. The summed E-state index contributed by atoms with van der Waals surface area (Å²) in [6, 6.07) is 11.9. The van der Waals surface area contributed by atoms with Crippen LogP contribution in [0.15, 0.2) is 36.4 Å². The molecule has 0 aliphatic heterocycles. The van der Waals surface area contributed by atoms with Crippen molar-refractivity contribution in [1.82, 2.24) is 0 Å². The van der Waals surface area contributed by atoms with Crippen molar-refractivity contribution in [2.75, 3.05) is 4.90 Å². The van der Waals surface area contributed by atoms with Crippen LogP contribution in [0.5, 0.6) is 0 Å². The number of benzene rings is 2. The highest BCUT2D eigenvalue weighted by Crippen LogP contribution is 2.36. The van der Waals surface area contributed by atoms with Gasteiger partial charge in [0, 0.05) is 0 Å². The molecule has 5 nitrogen and oxygen atoms in total. The van der Waals surface area contributed by atoms with Gasteiger partial charge >= 0.3 is 6.03 Å². The summed E-state index contributed by atoms with van der Waals surface area (Å²) in [4.78, 5) is 12.9. The molecule has 2 amide bonds. The molecule has 0 unspecified atom stereocenters. The summed E-state index contributed by atoms with van der Waals surface area (Å²) in [5, 5.41) is 18.4. The Kier molecular flexibility index (Phi) is 4.53. The molecular weight excluding hydrogens is 323 g/mol. The molecule has 0 saturated heterocycles. The van der Waals surface area contributed by atoms with Crippen molar-refractivity contribution in [3.63, 3.8) is 0 Å². The average Bonchev–Trinajstić information content (AvgIpc) is 2.51. The second-order valence-corrected chi connectivity index (χ2v) is 5.04. The lowest BCUT2D eigenvalue weighted by molar-refractivity contribution is 0.256. The first-order valence-electron chi connectivity index (χ1n) is 5.96. The molecule has 22 heavy (non-hydrogen) atoms. The zero-order valence-corrected chi connectivity index (χ0v) is 12.6. The minimum atomic E-state index is -0.839. The molecule has 0 aliphatic carbocycles. The van der Waals surface area contributed by atoms with Crippen LogP contribution in [-0.2, 0) is 0 Å². The number of halogens is 2. The number of carbonyl (C=O) groups is 1. The van der Waals surface area contributed by atoms with E-state index in [1.807, 2.05) is 12.1 Å². The van der Waals surface area contributed by atoms with Crippen LogP contribution in [-0.4, -0.2) is 6.03 Å². The monoisotopic (exact) mass is 330 g/mol. The van der Waals surface area contributed by atoms with Crippen molar-refractivity contribution in [3.8, 4) is 12.1 Å². The molecule has 0 radical (unpaired) electrons. The first-order chi connectivity index (χ1) is 10.5. The van der Waals surface area contributed by atoms with Gasteiger partial charge in [-0.15, -0.1) is 0 Å². The molecule has 7 heteroatoms. The molecule has 2 aromatic carbocycles. The van der Waals surface area contributed by atoms with Gasteiger partial charge in [0.15, 0.2) is 0 Å². The topological polar surface area (TPSA) is 93.9 Å². The van der Waals surface area contributed by atoms with Crippen LogP contribution >= 0.6 is 23.2 Å². The number of hydrogen-bond acceptors (Lipinski definition) is 3. The lowest BCUT2D eigenvalue weighted by atomic mass is 10.1. The maximum absolute atomic E-state index is 11.9. The fourth-order valence-corrected chi connectivity index (χ4v) is 2.28. The second kappa shape index (κ2) is 6.36. The summed E-state index contributed by atoms with van der Waals surface area (Å²) in [5.74, 6) is 0. The van der Waals surface area contributed by atoms with Gasteiger partial charge in [0.2, 0.25) is 0 Å². The first kappa shape index (κ1) is 15.7. The highest BCUT2D eigenvalue weighted by atomic mass is 35.5. The maximum Gasteiger partial charge on any atom is 0.323 e. The number of primary amides is 1. The molecule has 108 valence electrons. The van der Waals surface area contributed by atoms with E-state index in [0.717, 1.165) is 4.90 Å². The lowest BCUT2D eigenvalue weighted by Gasteiger charge is -2.23. The second-order valence-electron chi connectivity index (χ2n) is 4.23. The fraction of sp³-hybridized carbons (Fsp3) is 0. The van der Waals surface area contributed by atoms with Crippen molar-refractivity contribution in [2.24, 2.45) is 5.73 Å². The quantitative estimate of drug-likeness (QED) is 0.902. The van der Waals surface area contributed by atoms with Crippen molar-refractivity contribution >= 4 is 40.6 Å². The summed E-state index contributed by atoms with van der Waals surface area (Å²) in [6.45, 7) is 0. The molecule has 2 N–H and O–H groups in total. The number of nitrogens with two attached hydrogens (primary N) is 1. The van der Waals surface area contributed by atoms with Crippen LogP contribution in [0.2, 0.25) is 10.0 Å². The van der Waals surface area contributed by atoms with Crippen molar-refractivity contribution < 1.29 is 4.79 Å². The number of nitriles is 2. The normalized spacial score (nSPS) is 9.64. The molecule has 0 spiro atoms. The summed E-state index contributed by atoms with van der Waals surface area (Å²) < 4.78 is 0. The highest BCUT2D eigenvalue weighted by Gasteiger charge is 2.21. The van der Waals surface area contributed by atoms with Crippen LogP contribution in [0.1, 0.15) is 11.1 Å². The molecule has 2 aromatic rings. The van der Waals surface area contributed by atoms with Crippen LogP contribution in [0.4, 0.5) is 16.2 Å². The van der Waals surface area contributed by atoms with Crippen molar-refractivity contribution in [2.45, 2.75) is 0 Å². The Labute approximate surface area is 136 Å². The van der Waals surface area contributed by atoms with Gasteiger partial charge in [-0.3, -0.25) is 4.90 Å². The van der Waals surface area contributed by atoms with Gasteiger partial charge in [0.05, 0.1) is 44.7 Å². The van der Waals surface area contributed by atoms with Gasteiger partial charge in [-0.1, -0.05) is 23.2 Å². The average molecular weight is 331 g/mol. The molecule has 0 bridgehead atoms. The third-order valence-corrected chi connectivity index (χ3v) is 3.49. The van der Waals surface area contributed by atoms with E-state index in [4.69, 9.17) is 39.5 Å². The van der Waals surface area contributed by atoms with Crippen LogP contribution in [0, 0.1) is 22.7 Å². The number of rotatable bonds is 2. The van der Waals surface area contributed by atoms with Crippen molar-refractivity contribution in [3.05, 3.63) is 57.6 Å². The number of hydrogen-bond donors (Lipinski definition) is 1. The molecule has 0 heterocycles. The number of amides is 2. The van der Waals surface area contributed by atoms with Crippen LogP contribution in [0.25, 0.3) is 0 Å². The maximum atomic E-state index is 11.9. The SMILES string of the molecule is N#Cc1ccc(Cl)c(N(C(N)=O)c2cc(C#N)ccc2Cl)c1. The molecule has 2 rings (SSSR count). The van der Waals surface area contributed by atoms with E-state index in [1.165, 1.54) is 36.4 Å². The van der Waals surface area contributed by atoms with E-state index in [1.54, 1.807) is 0 Å². The minimum Gasteiger partial charge on any atom is -0.351 e. The van der Waals surface area contributed by atoms with E-state index in [9.17, 15) is 4.79 Å². The third kappa shape index (κ3) is 2.96. The summed E-state index contributed by atoms with van der Waals surface area (Å²) in [5.41, 5.74) is 6.46. The summed E-state index contributed by atoms with van der Waals surface area (Å²) in [7, 11) is 0. The Hall–Kier alpha value is -2.73. The molecule has 0 fully saturated rings. The Morgan fingerprint density at radius 1 is 0.955 bits per heavy atom. The van der Waals surface area contributed by atoms with Gasteiger partial charge in [0.25, 0.3) is 0 Å². The third-order valence-electron chi connectivity index (χ3n) is 2.85. The smallest absolute Gasteiger partial charge is 0.323 e. The van der Waals surface area contributed by atoms with E-state index in [-0.39, 0.29) is 21.4 Å². The number of urea groups is 1. The van der Waals surface area contributed by atoms with E-state index in [0.29, 0.717) is 11.1 Å². The number of anilines is 2. The van der Waals surface area contributed by atoms with E-state index < -0.39 is 6.03 Å². The summed E-state index contributed by atoms with van der Waals surface area (Å²) in [6.07, 6.45) is 0. The van der Waals surface area contributed by atoms with E-state index >= 15 is 0 Å². The zero-order valence-electron chi connectivity index (χ0n) is 11.0. The largest absolute Gasteiger partial charge is 0.351 e. The van der Waals surface area contributed by atoms with Crippen LogP contribution in [0.3, 0.4) is 0 Å². The Balaban J connectivity index is 2.70. The van der Waals surface area contributed by atoms with Crippen LogP contribution < -0.4 is 10.6 Å². The predicted octanol–water partition coefficient (Wildman–Crippen LogP) is 3.95. The molecular formula is C15H8Cl2N4O. The molecule has 0 aromatic heterocycles. The molecule has 0 aliphatic rings. The fourth-order valence-electron chi connectivity index (χ4n) is 1.87. The first-order valence-corrected chi connectivity index (χ1v) is 6.72. The van der Waals surface area contributed by atoms with Gasteiger partial charge in [0.1, 0.15) is 0 Å². The number of nitrogens with zero attached hydrogens (tertiary/aromatic N) is 3. The molecule has 0 saturated carbocycles. The minimum absolute atomic E-state index is 0.213. The lowest BCUT2D eigenvalue weighted by Crippen LogP contribution is -2.32.